The predicted octanol–water partition coefficient (Wildman–Crippen LogP) is 4.36. The van der Waals surface area contributed by atoms with Gasteiger partial charge in [-0.3, -0.25) is 0 Å². The highest BCUT2D eigenvalue weighted by Gasteiger charge is 2.18. The van der Waals surface area contributed by atoms with Crippen molar-refractivity contribution in [2.45, 2.75) is 26.2 Å². The van der Waals surface area contributed by atoms with Crippen LogP contribution in [0, 0.1) is 0 Å². The lowest BCUT2D eigenvalue weighted by Crippen LogP contribution is -2.14. The Morgan fingerprint density at radius 1 is 1.21 bits per heavy atom. The number of anilines is 3. The van der Waals surface area contributed by atoms with E-state index in [1.165, 1.54) is 5.56 Å². The van der Waals surface area contributed by atoms with Gasteiger partial charge in [0.25, 0.3) is 0 Å². The number of benzene rings is 1. The molecule has 0 spiro atoms. The second-order valence-corrected chi connectivity index (χ2v) is 5.95. The maximum atomic E-state index is 5.92. The lowest BCUT2D eigenvalue weighted by atomic mass is 9.86. The van der Waals surface area contributed by atoms with Gasteiger partial charge in [0.2, 0.25) is 0 Å². The van der Waals surface area contributed by atoms with Crippen molar-refractivity contribution < 1.29 is 0 Å². The van der Waals surface area contributed by atoms with E-state index in [0.29, 0.717) is 16.5 Å². The van der Waals surface area contributed by atoms with Crippen LogP contribution < -0.4 is 11.1 Å². The molecule has 0 aliphatic carbocycles. The summed E-state index contributed by atoms with van der Waals surface area (Å²) in [5.74, 6) is 0.626. The molecule has 0 atom stereocenters. The molecular weight excluding hydrogens is 258 g/mol. The van der Waals surface area contributed by atoms with E-state index >= 15 is 0 Å². The third-order valence-corrected chi connectivity index (χ3v) is 3.08. The molecule has 0 saturated heterocycles. The van der Waals surface area contributed by atoms with Gasteiger partial charge in [-0.2, -0.15) is 0 Å². The summed E-state index contributed by atoms with van der Waals surface area (Å²) in [4.78, 5) is 4.23. The van der Waals surface area contributed by atoms with Crippen molar-refractivity contribution in [1.29, 1.82) is 0 Å². The largest absolute Gasteiger partial charge is 0.396 e. The van der Waals surface area contributed by atoms with Crippen molar-refractivity contribution in [2.24, 2.45) is 0 Å². The van der Waals surface area contributed by atoms with Crippen molar-refractivity contribution in [3.63, 3.8) is 0 Å². The normalized spacial score (nSPS) is 11.4. The van der Waals surface area contributed by atoms with Crippen molar-refractivity contribution in [1.82, 2.24) is 4.98 Å². The first-order chi connectivity index (χ1) is 8.88. The molecule has 0 aliphatic heterocycles. The van der Waals surface area contributed by atoms with E-state index in [1.807, 2.05) is 18.2 Å². The highest BCUT2D eigenvalue weighted by atomic mass is 35.5. The molecule has 1 heterocycles. The van der Waals surface area contributed by atoms with Gasteiger partial charge in [0.1, 0.15) is 0 Å². The van der Waals surface area contributed by atoms with E-state index in [-0.39, 0.29) is 5.41 Å². The Balaban J connectivity index is 2.39. The number of hydrogen-bond acceptors (Lipinski definition) is 3. The SMILES string of the molecule is CC(C)(C)c1ccccc1Nc1ncc(Cl)cc1N. The standard InChI is InChI=1S/C15H18ClN3/c1-15(2,3)11-6-4-5-7-13(11)19-14-12(17)8-10(16)9-18-14/h4-9H,17H2,1-3H3,(H,18,19). The Bertz CT molecular complexity index is 588. The van der Waals surface area contributed by atoms with Crippen LogP contribution in [0.5, 0.6) is 0 Å². The van der Waals surface area contributed by atoms with E-state index in [0.717, 1.165) is 5.69 Å². The van der Waals surface area contributed by atoms with Crippen molar-refractivity contribution >= 4 is 28.8 Å². The van der Waals surface area contributed by atoms with Crippen LogP contribution >= 0.6 is 11.6 Å². The summed E-state index contributed by atoms with van der Waals surface area (Å²) >= 11 is 5.85. The summed E-state index contributed by atoms with van der Waals surface area (Å²) in [5, 5.41) is 3.81. The van der Waals surface area contributed by atoms with E-state index in [4.69, 9.17) is 17.3 Å². The maximum absolute atomic E-state index is 5.92. The number of nitrogens with zero attached hydrogens (tertiary/aromatic N) is 1. The quantitative estimate of drug-likeness (QED) is 0.856. The summed E-state index contributed by atoms with van der Waals surface area (Å²) < 4.78 is 0. The van der Waals surface area contributed by atoms with Crippen LogP contribution in [-0.4, -0.2) is 4.98 Å². The Morgan fingerprint density at radius 3 is 2.53 bits per heavy atom. The average Bonchev–Trinajstić information content (AvgIpc) is 2.32. The summed E-state index contributed by atoms with van der Waals surface area (Å²) in [5.41, 5.74) is 8.73. The Hall–Kier alpha value is -1.74. The maximum Gasteiger partial charge on any atom is 0.153 e. The predicted molar refractivity (Wildman–Crippen MR) is 82.1 cm³/mol. The number of aromatic nitrogens is 1. The molecule has 1 aromatic carbocycles. The fourth-order valence-corrected chi connectivity index (χ4v) is 2.10. The lowest BCUT2D eigenvalue weighted by Gasteiger charge is -2.23. The number of halogens is 1. The number of nitrogen functional groups attached to an aromatic ring is 1. The summed E-state index contributed by atoms with van der Waals surface area (Å²) in [6.07, 6.45) is 1.58. The number of nitrogens with two attached hydrogens (primary N) is 1. The third-order valence-electron chi connectivity index (χ3n) is 2.87. The highest BCUT2D eigenvalue weighted by Crippen LogP contribution is 2.32. The van der Waals surface area contributed by atoms with Gasteiger partial charge < -0.3 is 11.1 Å². The summed E-state index contributed by atoms with van der Waals surface area (Å²) in [7, 11) is 0. The first kappa shape index (κ1) is 13.7. The van der Waals surface area contributed by atoms with Gasteiger partial charge in [-0.15, -0.1) is 0 Å². The second kappa shape index (κ2) is 5.10. The topological polar surface area (TPSA) is 50.9 Å². The molecule has 1 aromatic heterocycles. The van der Waals surface area contributed by atoms with Gasteiger partial charge in [0, 0.05) is 11.9 Å². The fourth-order valence-electron chi connectivity index (χ4n) is 1.93. The molecule has 0 fully saturated rings. The number of hydrogen-bond donors (Lipinski definition) is 2. The fraction of sp³-hybridized carbons (Fsp3) is 0.267. The van der Waals surface area contributed by atoms with Crippen LogP contribution in [0.4, 0.5) is 17.2 Å². The smallest absolute Gasteiger partial charge is 0.153 e. The first-order valence-electron chi connectivity index (χ1n) is 6.15. The van der Waals surface area contributed by atoms with Crippen LogP contribution in [0.3, 0.4) is 0 Å². The number of nitrogens with one attached hydrogen (secondary N) is 1. The lowest BCUT2D eigenvalue weighted by molar-refractivity contribution is 0.592. The van der Waals surface area contributed by atoms with Gasteiger partial charge in [0.05, 0.1) is 10.7 Å². The number of para-hydroxylation sites is 1. The zero-order valence-electron chi connectivity index (χ0n) is 11.4. The van der Waals surface area contributed by atoms with Gasteiger partial charge in [-0.25, -0.2) is 4.98 Å². The molecule has 0 amide bonds. The number of pyridine rings is 1. The molecular formula is C15H18ClN3. The molecule has 3 N–H and O–H groups in total. The van der Waals surface area contributed by atoms with Crippen molar-refractivity contribution in [3.05, 3.63) is 47.1 Å². The van der Waals surface area contributed by atoms with E-state index < -0.39 is 0 Å². The molecule has 3 nitrogen and oxygen atoms in total. The van der Waals surface area contributed by atoms with Crippen molar-refractivity contribution in [3.8, 4) is 0 Å². The van der Waals surface area contributed by atoms with Crippen LogP contribution in [0.15, 0.2) is 36.5 Å². The van der Waals surface area contributed by atoms with Crippen molar-refractivity contribution in [2.75, 3.05) is 11.1 Å². The minimum absolute atomic E-state index is 0.0464. The molecule has 2 aromatic rings. The van der Waals surface area contributed by atoms with E-state index in [2.05, 4.69) is 37.1 Å². The van der Waals surface area contributed by atoms with E-state index in [1.54, 1.807) is 12.3 Å². The molecule has 0 radical (unpaired) electrons. The molecule has 100 valence electrons. The van der Waals surface area contributed by atoms with Crippen LogP contribution in [0.2, 0.25) is 5.02 Å². The number of rotatable bonds is 2. The van der Waals surface area contributed by atoms with E-state index in [9.17, 15) is 0 Å². The zero-order valence-corrected chi connectivity index (χ0v) is 12.1. The summed E-state index contributed by atoms with van der Waals surface area (Å²) in [6.45, 7) is 6.52. The summed E-state index contributed by atoms with van der Waals surface area (Å²) in [6, 6.07) is 9.84. The zero-order chi connectivity index (χ0) is 14.0. The van der Waals surface area contributed by atoms with Crippen LogP contribution in [0.1, 0.15) is 26.3 Å². The average molecular weight is 276 g/mol. The molecule has 0 saturated carbocycles. The van der Waals surface area contributed by atoms with Gasteiger partial charge in [-0.1, -0.05) is 50.6 Å². The molecule has 0 unspecified atom stereocenters. The van der Waals surface area contributed by atoms with Gasteiger partial charge >= 0.3 is 0 Å². The monoisotopic (exact) mass is 275 g/mol. The third kappa shape index (κ3) is 3.18. The van der Waals surface area contributed by atoms with Crippen LogP contribution in [0.25, 0.3) is 0 Å². The minimum atomic E-state index is 0.0464. The second-order valence-electron chi connectivity index (χ2n) is 5.51. The van der Waals surface area contributed by atoms with Crippen LogP contribution in [-0.2, 0) is 5.41 Å². The minimum Gasteiger partial charge on any atom is -0.396 e. The Kier molecular flexibility index (Phi) is 3.67. The highest BCUT2D eigenvalue weighted by molar-refractivity contribution is 6.30. The molecule has 2 rings (SSSR count). The Labute approximate surface area is 118 Å². The van der Waals surface area contributed by atoms with Gasteiger partial charge in [-0.05, 0) is 23.1 Å². The molecule has 0 bridgehead atoms. The Morgan fingerprint density at radius 2 is 1.89 bits per heavy atom. The molecule has 0 aliphatic rings. The molecule has 4 heteroatoms. The molecule has 19 heavy (non-hydrogen) atoms. The first-order valence-corrected chi connectivity index (χ1v) is 6.53. The van der Waals surface area contributed by atoms with Gasteiger partial charge in [0.15, 0.2) is 5.82 Å².